The van der Waals surface area contributed by atoms with Crippen LogP contribution in [0.15, 0.2) is 18.2 Å². The molecule has 1 N–H and O–H groups in total. The summed E-state index contributed by atoms with van der Waals surface area (Å²) in [6, 6.07) is 4.75. The molecule has 0 saturated heterocycles. The normalized spacial score (nSPS) is 13.0. The van der Waals surface area contributed by atoms with Crippen LogP contribution >= 0.6 is 15.9 Å². The highest BCUT2D eigenvalue weighted by Crippen LogP contribution is 2.17. The maximum absolute atomic E-state index is 12.9. The molecular formula is C9H10BrFO. The van der Waals surface area contributed by atoms with Gasteiger partial charge in [-0.1, -0.05) is 28.1 Å². The molecule has 0 aliphatic heterocycles. The van der Waals surface area contributed by atoms with Crippen molar-refractivity contribution < 1.29 is 9.50 Å². The molecule has 1 aromatic carbocycles. The average molecular weight is 233 g/mol. The van der Waals surface area contributed by atoms with Crippen molar-refractivity contribution in [3.05, 3.63) is 35.1 Å². The Hall–Kier alpha value is -0.410. The summed E-state index contributed by atoms with van der Waals surface area (Å²) in [5.74, 6) is -0.271. The number of alkyl halides is 1. The fourth-order valence-corrected chi connectivity index (χ4v) is 1.28. The highest BCUT2D eigenvalue weighted by atomic mass is 79.9. The van der Waals surface area contributed by atoms with Gasteiger partial charge >= 0.3 is 0 Å². The second-order valence-corrected chi connectivity index (χ2v) is 3.33. The smallest absolute Gasteiger partial charge is 0.126 e. The molecule has 1 atom stereocenters. The third-order valence-electron chi connectivity index (χ3n) is 1.73. The number of benzene rings is 1. The zero-order valence-corrected chi connectivity index (χ0v) is 8.31. The van der Waals surface area contributed by atoms with Gasteiger partial charge in [-0.3, -0.25) is 0 Å². The first-order valence-corrected chi connectivity index (χ1v) is 4.77. The summed E-state index contributed by atoms with van der Waals surface area (Å²) in [5, 5.41) is 9.76. The summed E-state index contributed by atoms with van der Waals surface area (Å²) in [5.41, 5.74) is 1.20. The highest BCUT2D eigenvalue weighted by molar-refractivity contribution is 9.09. The molecule has 1 rings (SSSR count). The minimum Gasteiger partial charge on any atom is -0.388 e. The maximum atomic E-state index is 12.9. The Morgan fingerprint density at radius 2 is 2.25 bits per heavy atom. The van der Waals surface area contributed by atoms with Gasteiger partial charge in [0.25, 0.3) is 0 Å². The van der Waals surface area contributed by atoms with E-state index in [1.165, 1.54) is 6.07 Å². The maximum Gasteiger partial charge on any atom is 0.126 e. The molecule has 1 aromatic rings. The number of hydrogen-bond donors (Lipinski definition) is 1. The zero-order chi connectivity index (χ0) is 9.14. The van der Waals surface area contributed by atoms with Crippen LogP contribution in [-0.2, 0) is 0 Å². The number of halogens is 2. The predicted octanol–water partition coefficient (Wildman–Crippen LogP) is 2.56. The van der Waals surface area contributed by atoms with E-state index in [2.05, 4.69) is 15.9 Å². The Kier molecular flexibility index (Phi) is 3.23. The first kappa shape index (κ1) is 9.68. The van der Waals surface area contributed by atoms with Gasteiger partial charge in [0, 0.05) is 5.33 Å². The van der Waals surface area contributed by atoms with Gasteiger partial charge in [0.2, 0.25) is 0 Å². The van der Waals surface area contributed by atoms with Gasteiger partial charge in [0.15, 0.2) is 0 Å². The highest BCUT2D eigenvalue weighted by Gasteiger charge is 2.06. The second kappa shape index (κ2) is 4.01. The Balaban J connectivity index is 2.96. The van der Waals surface area contributed by atoms with E-state index in [1.54, 1.807) is 19.1 Å². The molecule has 0 heterocycles. The molecule has 0 unspecified atom stereocenters. The molecular weight excluding hydrogens is 223 g/mol. The minimum atomic E-state index is -0.625. The van der Waals surface area contributed by atoms with Gasteiger partial charge in [-0.15, -0.1) is 0 Å². The molecule has 0 bridgehead atoms. The Morgan fingerprint density at radius 1 is 1.58 bits per heavy atom. The summed E-state index contributed by atoms with van der Waals surface area (Å²) in [6.07, 6.45) is -0.625. The van der Waals surface area contributed by atoms with Crippen LogP contribution in [0.3, 0.4) is 0 Å². The van der Waals surface area contributed by atoms with Crippen LogP contribution in [0.1, 0.15) is 17.2 Å². The lowest BCUT2D eigenvalue weighted by molar-refractivity contribution is 0.205. The van der Waals surface area contributed by atoms with Crippen molar-refractivity contribution >= 4 is 15.9 Å². The average Bonchev–Trinajstić information content (AvgIpc) is 2.08. The zero-order valence-electron chi connectivity index (χ0n) is 6.72. The van der Waals surface area contributed by atoms with Gasteiger partial charge in [-0.25, -0.2) is 4.39 Å². The lowest BCUT2D eigenvalue weighted by atomic mass is 10.1. The van der Waals surface area contributed by atoms with E-state index in [4.69, 9.17) is 0 Å². The monoisotopic (exact) mass is 232 g/mol. The SMILES string of the molecule is Cc1ccc([C@@H](O)CBr)cc1F. The molecule has 0 spiro atoms. The number of aryl methyl sites for hydroxylation is 1. The molecule has 0 saturated carbocycles. The van der Waals surface area contributed by atoms with Crippen molar-refractivity contribution in [2.75, 3.05) is 5.33 Å². The van der Waals surface area contributed by atoms with E-state index in [0.29, 0.717) is 16.5 Å². The molecule has 0 fully saturated rings. The summed E-state index contributed by atoms with van der Waals surface area (Å²) in [7, 11) is 0. The number of rotatable bonds is 2. The van der Waals surface area contributed by atoms with Crippen molar-refractivity contribution in [2.45, 2.75) is 13.0 Å². The number of hydrogen-bond acceptors (Lipinski definition) is 1. The topological polar surface area (TPSA) is 20.2 Å². The summed E-state index contributed by atoms with van der Waals surface area (Å²) in [6.45, 7) is 1.69. The summed E-state index contributed by atoms with van der Waals surface area (Å²) >= 11 is 3.12. The fourth-order valence-electron chi connectivity index (χ4n) is 0.905. The first-order chi connectivity index (χ1) is 5.65. The van der Waals surface area contributed by atoms with Crippen LogP contribution in [0.25, 0.3) is 0 Å². The number of aliphatic hydroxyl groups excluding tert-OH is 1. The lowest BCUT2D eigenvalue weighted by Crippen LogP contribution is -1.99. The van der Waals surface area contributed by atoms with Gasteiger partial charge in [-0.2, -0.15) is 0 Å². The minimum absolute atomic E-state index is 0.271. The molecule has 0 radical (unpaired) electrons. The standard InChI is InChI=1S/C9H10BrFO/c1-6-2-3-7(4-8(6)11)9(12)5-10/h2-4,9,12H,5H2,1H3/t9-/m0/s1. The molecule has 3 heteroatoms. The van der Waals surface area contributed by atoms with Crippen LogP contribution in [0.2, 0.25) is 0 Å². The third kappa shape index (κ3) is 2.05. The van der Waals surface area contributed by atoms with E-state index in [1.807, 2.05) is 0 Å². The second-order valence-electron chi connectivity index (χ2n) is 2.68. The Labute approximate surface area is 79.4 Å². The molecule has 12 heavy (non-hydrogen) atoms. The van der Waals surface area contributed by atoms with Crippen molar-refractivity contribution in [3.8, 4) is 0 Å². The Morgan fingerprint density at radius 3 is 2.75 bits per heavy atom. The molecule has 1 nitrogen and oxygen atoms in total. The van der Waals surface area contributed by atoms with Gasteiger partial charge in [0.05, 0.1) is 6.10 Å². The fraction of sp³-hybridized carbons (Fsp3) is 0.333. The predicted molar refractivity (Wildman–Crippen MR) is 49.9 cm³/mol. The van der Waals surface area contributed by atoms with Crippen LogP contribution in [0.4, 0.5) is 4.39 Å². The van der Waals surface area contributed by atoms with E-state index in [9.17, 15) is 9.50 Å². The molecule has 0 aromatic heterocycles. The van der Waals surface area contributed by atoms with E-state index in [0.717, 1.165) is 0 Å². The van der Waals surface area contributed by atoms with E-state index < -0.39 is 6.10 Å². The summed E-state index contributed by atoms with van der Waals surface area (Å²) in [4.78, 5) is 0. The van der Waals surface area contributed by atoms with Gasteiger partial charge in [-0.05, 0) is 24.1 Å². The third-order valence-corrected chi connectivity index (χ3v) is 2.34. The van der Waals surface area contributed by atoms with Gasteiger partial charge < -0.3 is 5.11 Å². The van der Waals surface area contributed by atoms with Crippen molar-refractivity contribution in [1.82, 2.24) is 0 Å². The lowest BCUT2D eigenvalue weighted by Gasteiger charge is -2.07. The van der Waals surface area contributed by atoms with E-state index >= 15 is 0 Å². The van der Waals surface area contributed by atoms with Crippen molar-refractivity contribution in [2.24, 2.45) is 0 Å². The first-order valence-electron chi connectivity index (χ1n) is 3.65. The van der Waals surface area contributed by atoms with Crippen molar-refractivity contribution in [1.29, 1.82) is 0 Å². The molecule has 66 valence electrons. The van der Waals surface area contributed by atoms with Crippen molar-refractivity contribution in [3.63, 3.8) is 0 Å². The number of aliphatic hydroxyl groups is 1. The summed E-state index contributed by atoms with van der Waals surface area (Å²) < 4.78 is 12.9. The van der Waals surface area contributed by atoms with Gasteiger partial charge in [0.1, 0.15) is 5.82 Å². The van der Waals surface area contributed by atoms with Crippen LogP contribution in [0, 0.1) is 12.7 Å². The quantitative estimate of drug-likeness (QED) is 0.778. The molecule has 0 aliphatic rings. The largest absolute Gasteiger partial charge is 0.388 e. The van der Waals surface area contributed by atoms with Crippen LogP contribution in [0.5, 0.6) is 0 Å². The van der Waals surface area contributed by atoms with Crippen LogP contribution < -0.4 is 0 Å². The Bertz CT molecular complexity index is 275. The van der Waals surface area contributed by atoms with E-state index in [-0.39, 0.29) is 5.82 Å². The van der Waals surface area contributed by atoms with Crippen LogP contribution in [-0.4, -0.2) is 10.4 Å². The molecule has 0 amide bonds. The molecule has 0 aliphatic carbocycles.